The smallest absolute Gasteiger partial charge is 0.429 e. The molecule has 0 saturated heterocycles. The van der Waals surface area contributed by atoms with Crippen molar-refractivity contribution in [1.29, 1.82) is 0 Å². The number of ether oxygens (including phenoxy) is 1. The van der Waals surface area contributed by atoms with Crippen molar-refractivity contribution in [3.05, 3.63) is 53.3 Å². The van der Waals surface area contributed by atoms with Gasteiger partial charge in [-0.2, -0.15) is 26.3 Å². The van der Waals surface area contributed by atoms with Crippen LogP contribution in [0.4, 0.5) is 36.4 Å². The Morgan fingerprint density at radius 3 is 2.17 bits per heavy atom. The van der Waals surface area contributed by atoms with Gasteiger partial charge in [-0.1, -0.05) is 12.1 Å². The zero-order valence-corrected chi connectivity index (χ0v) is 16.5. The molecule has 0 aliphatic carbocycles. The summed E-state index contributed by atoms with van der Waals surface area (Å²) in [5.74, 6) is -2.46. The monoisotopic (exact) mass is 455 g/mol. The van der Waals surface area contributed by atoms with Gasteiger partial charge >= 0.3 is 12.4 Å². The average Bonchev–Trinajstić information content (AvgIpc) is 2.61. The van der Waals surface area contributed by atoms with E-state index >= 15 is 0 Å². The molecule has 30 heavy (non-hydrogen) atoms. The van der Waals surface area contributed by atoms with Gasteiger partial charge in [0, 0.05) is 11.3 Å². The second kappa shape index (κ2) is 9.15. The molecule has 0 spiro atoms. The lowest BCUT2D eigenvalue weighted by atomic mass is 10.1. The molecule has 1 atom stereocenters. The maximum atomic E-state index is 14.2. The molecule has 0 heterocycles. The number of benzene rings is 2. The molecule has 0 aromatic heterocycles. The zero-order valence-electron chi connectivity index (χ0n) is 15.7. The highest BCUT2D eigenvalue weighted by Gasteiger charge is 2.36. The van der Waals surface area contributed by atoms with Crippen LogP contribution in [0.25, 0.3) is 0 Å². The number of hydrogen-bond acceptors (Lipinski definition) is 3. The van der Waals surface area contributed by atoms with Gasteiger partial charge in [0.05, 0.1) is 17.9 Å². The number of alkyl halides is 6. The summed E-state index contributed by atoms with van der Waals surface area (Å²) in [6, 6.07) is 6.99. The molecule has 0 amide bonds. The molecule has 0 aliphatic heterocycles. The summed E-state index contributed by atoms with van der Waals surface area (Å²) in [4.78, 5) is 2.89. The number of rotatable bonds is 6. The van der Waals surface area contributed by atoms with Gasteiger partial charge in [-0.25, -0.2) is 9.38 Å². The maximum absolute atomic E-state index is 14.2. The predicted octanol–water partition coefficient (Wildman–Crippen LogP) is 5.69. The molecule has 164 valence electrons. The van der Waals surface area contributed by atoms with E-state index < -0.39 is 57.4 Å². The molecule has 3 nitrogen and oxygen atoms in total. The van der Waals surface area contributed by atoms with Crippen LogP contribution in [0.1, 0.15) is 11.1 Å². The van der Waals surface area contributed by atoms with Crippen molar-refractivity contribution in [1.82, 2.24) is 0 Å². The van der Waals surface area contributed by atoms with E-state index in [0.717, 1.165) is 0 Å². The minimum atomic E-state index is -4.93. The van der Waals surface area contributed by atoms with E-state index in [0.29, 0.717) is 17.9 Å². The Morgan fingerprint density at radius 2 is 1.67 bits per heavy atom. The van der Waals surface area contributed by atoms with Gasteiger partial charge < -0.3 is 4.74 Å². The summed E-state index contributed by atoms with van der Waals surface area (Å²) in [6.45, 7) is 1.21. The van der Waals surface area contributed by atoms with Crippen LogP contribution in [0.15, 0.2) is 46.3 Å². The highest BCUT2D eigenvalue weighted by Crippen LogP contribution is 2.30. The fourth-order valence-electron chi connectivity index (χ4n) is 2.48. The average molecular weight is 455 g/mol. The summed E-state index contributed by atoms with van der Waals surface area (Å²) < 4.78 is 109. The van der Waals surface area contributed by atoms with Gasteiger partial charge in [0.25, 0.3) is 0 Å². The van der Waals surface area contributed by atoms with Crippen molar-refractivity contribution >= 4 is 22.2 Å². The van der Waals surface area contributed by atoms with Crippen LogP contribution in [0.3, 0.4) is 0 Å². The number of nitrogens with zero attached hydrogens (tertiary/aromatic N) is 1. The topological polar surface area (TPSA) is 38.7 Å². The standard InChI is InChI=1S/C19H16F7NO2S/c1-11-7-14(20)15(9-16(11)30(28)10-18(21,22)23)27-17(19(24,25)26)8-12-3-5-13(29-2)6-4-12/h3-7,9H,8,10H2,1-2H3. The van der Waals surface area contributed by atoms with Crippen molar-refractivity contribution in [3.8, 4) is 5.75 Å². The van der Waals surface area contributed by atoms with E-state index in [2.05, 4.69) is 4.99 Å². The van der Waals surface area contributed by atoms with Crippen molar-refractivity contribution in [2.45, 2.75) is 30.6 Å². The Kier molecular flexibility index (Phi) is 7.27. The summed E-state index contributed by atoms with van der Waals surface area (Å²) >= 11 is 0. The van der Waals surface area contributed by atoms with Gasteiger partial charge in [-0.05, 0) is 42.3 Å². The van der Waals surface area contributed by atoms with E-state index in [1.54, 1.807) is 0 Å². The van der Waals surface area contributed by atoms with Gasteiger partial charge in [0.1, 0.15) is 28.7 Å². The van der Waals surface area contributed by atoms with E-state index in [-0.39, 0.29) is 11.1 Å². The third-order valence-corrected chi connectivity index (χ3v) is 5.42. The minimum Gasteiger partial charge on any atom is -0.497 e. The van der Waals surface area contributed by atoms with Crippen LogP contribution < -0.4 is 4.74 Å². The van der Waals surface area contributed by atoms with Gasteiger partial charge in [0.2, 0.25) is 0 Å². The largest absolute Gasteiger partial charge is 0.497 e. The number of aryl methyl sites for hydroxylation is 1. The molecule has 2 aromatic rings. The molecule has 0 radical (unpaired) electrons. The quantitative estimate of drug-likeness (QED) is 0.415. The molecule has 1 unspecified atom stereocenters. The summed E-state index contributed by atoms with van der Waals surface area (Å²) in [7, 11) is -1.23. The number of halogens is 7. The Morgan fingerprint density at radius 1 is 1.07 bits per heavy atom. The molecular formula is C19H16F7NO2S. The Hall–Kier alpha value is -2.43. The summed E-state index contributed by atoms with van der Waals surface area (Å²) in [6.07, 6.45) is -10.4. The lowest BCUT2D eigenvalue weighted by Crippen LogP contribution is -2.25. The number of hydrogen-bond donors (Lipinski definition) is 0. The Labute approximate surface area is 170 Å². The summed E-state index contributed by atoms with van der Waals surface area (Å²) in [5.41, 5.74) is -2.08. The normalized spacial score (nSPS) is 14.0. The van der Waals surface area contributed by atoms with Crippen LogP contribution in [0.2, 0.25) is 0 Å². The lowest BCUT2D eigenvalue weighted by Gasteiger charge is -2.13. The molecule has 0 aliphatic rings. The fraction of sp³-hybridized carbons (Fsp3) is 0.316. The Bertz CT molecular complexity index is 951. The van der Waals surface area contributed by atoms with Crippen LogP contribution in [0.5, 0.6) is 5.75 Å². The molecule has 0 bridgehead atoms. The van der Waals surface area contributed by atoms with E-state index in [1.165, 1.54) is 38.3 Å². The van der Waals surface area contributed by atoms with Gasteiger partial charge in [0.15, 0.2) is 0 Å². The molecule has 0 saturated carbocycles. The first kappa shape index (κ1) is 23.8. The first-order valence-electron chi connectivity index (χ1n) is 8.33. The van der Waals surface area contributed by atoms with Gasteiger partial charge in [-0.3, -0.25) is 4.21 Å². The third kappa shape index (κ3) is 6.54. The molecule has 11 heteroatoms. The second-order valence-electron chi connectivity index (χ2n) is 6.26. The summed E-state index contributed by atoms with van der Waals surface area (Å²) in [5, 5.41) is 0. The van der Waals surface area contributed by atoms with Gasteiger partial charge in [-0.15, -0.1) is 0 Å². The first-order valence-corrected chi connectivity index (χ1v) is 9.65. The van der Waals surface area contributed by atoms with Crippen LogP contribution in [-0.2, 0) is 17.2 Å². The Balaban J connectivity index is 2.46. The number of aliphatic imine (C=N–C) groups is 1. The van der Waals surface area contributed by atoms with E-state index in [9.17, 15) is 34.9 Å². The van der Waals surface area contributed by atoms with Crippen molar-refractivity contribution in [3.63, 3.8) is 0 Å². The fourth-order valence-corrected chi connectivity index (χ4v) is 3.60. The van der Waals surface area contributed by atoms with Crippen LogP contribution in [0, 0.1) is 12.7 Å². The van der Waals surface area contributed by atoms with E-state index in [1.807, 2.05) is 0 Å². The molecule has 2 rings (SSSR count). The second-order valence-corrected chi connectivity index (χ2v) is 7.67. The number of methoxy groups -OCH3 is 1. The van der Waals surface area contributed by atoms with Crippen molar-refractivity contribution in [2.24, 2.45) is 4.99 Å². The molecule has 0 fully saturated rings. The molecule has 2 aromatic carbocycles. The van der Waals surface area contributed by atoms with Crippen LogP contribution >= 0.6 is 0 Å². The first-order chi connectivity index (χ1) is 13.8. The predicted molar refractivity (Wildman–Crippen MR) is 98.3 cm³/mol. The highest BCUT2D eigenvalue weighted by molar-refractivity contribution is 7.85. The molecule has 0 N–H and O–H groups in total. The SMILES string of the molecule is COc1ccc(CC(=Nc2cc(S(=O)CC(F)(F)F)c(C)cc2F)C(F)(F)F)cc1. The minimum absolute atomic E-state index is 0.0854. The zero-order chi connectivity index (χ0) is 22.7. The van der Waals surface area contributed by atoms with Crippen LogP contribution in [-0.4, -0.2) is 35.1 Å². The van der Waals surface area contributed by atoms with Crippen molar-refractivity contribution < 1.29 is 39.7 Å². The maximum Gasteiger partial charge on any atom is 0.429 e. The molecular weight excluding hydrogens is 439 g/mol. The van der Waals surface area contributed by atoms with E-state index in [4.69, 9.17) is 4.74 Å². The highest BCUT2D eigenvalue weighted by atomic mass is 32.2. The van der Waals surface area contributed by atoms with Crippen molar-refractivity contribution in [2.75, 3.05) is 12.9 Å². The third-order valence-electron chi connectivity index (χ3n) is 3.90. The lowest BCUT2D eigenvalue weighted by molar-refractivity contribution is -0.105.